The number of hydrogen-bond donors (Lipinski definition) is 3. The zero-order chi connectivity index (χ0) is 12.1. The van der Waals surface area contributed by atoms with E-state index >= 15 is 0 Å². The van der Waals surface area contributed by atoms with Gasteiger partial charge in [0.2, 0.25) is 0 Å². The van der Waals surface area contributed by atoms with Gasteiger partial charge in [-0.3, -0.25) is 4.79 Å². The van der Waals surface area contributed by atoms with Crippen LogP contribution in [0.1, 0.15) is 30.6 Å². The molecule has 2 atom stereocenters. The maximum atomic E-state index is 11.7. The number of para-hydroxylation sites is 1. The minimum atomic E-state index is -0.272. The molecule has 16 heavy (non-hydrogen) atoms. The molecule has 1 aromatic carbocycles. The van der Waals surface area contributed by atoms with Crippen molar-refractivity contribution in [2.45, 2.75) is 32.4 Å². The summed E-state index contributed by atoms with van der Waals surface area (Å²) in [7, 11) is 0. The second kappa shape index (κ2) is 5.51. The summed E-state index contributed by atoms with van der Waals surface area (Å²) < 4.78 is 0. The minimum Gasteiger partial charge on any atom is -0.507 e. The standard InChI is InChI=1S/C12H18N2O2/c1-8(13)7-9(2)14-12(16)10-5-3-4-6-11(10)15/h3-6,8-9,15H,7,13H2,1-2H3,(H,14,16). The summed E-state index contributed by atoms with van der Waals surface area (Å²) in [5, 5.41) is 12.3. The van der Waals surface area contributed by atoms with E-state index in [1.807, 2.05) is 13.8 Å². The van der Waals surface area contributed by atoms with Gasteiger partial charge in [0.15, 0.2) is 0 Å². The van der Waals surface area contributed by atoms with Crippen molar-refractivity contribution in [3.63, 3.8) is 0 Å². The van der Waals surface area contributed by atoms with Crippen LogP contribution in [0.2, 0.25) is 0 Å². The predicted molar refractivity (Wildman–Crippen MR) is 63.3 cm³/mol. The number of nitrogens with one attached hydrogen (secondary N) is 1. The van der Waals surface area contributed by atoms with Gasteiger partial charge in [-0.1, -0.05) is 12.1 Å². The molecule has 4 N–H and O–H groups in total. The summed E-state index contributed by atoms with van der Waals surface area (Å²) in [6.45, 7) is 3.78. The lowest BCUT2D eigenvalue weighted by molar-refractivity contribution is 0.0935. The van der Waals surface area contributed by atoms with Crippen LogP contribution in [0.15, 0.2) is 24.3 Å². The molecule has 4 heteroatoms. The van der Waals surface area contributed by atoms with Crippen LogP contribution in [0.5, 0.6) is 5.75 Å². The summed E-state index contributed by atoms with van der Waals surface area (Å²) in [5.41, 5.74) is 5.93. The van der Waals surface area contributed by atoms with Crippen LogP contribution < -0.4 is 11.1 Å². The van der Waals surface area contributed by atoms with Gasteiger partial charge in [-0.2, -0.15) is 0 Å². The lowest BCUT2D eigenvalue weighted by atomic mass is 10.1. The van der Waals surface area contributed by atoms with Crippen molar-refractivity contribution >= 4 is 5.91 Å². The number of hydrogen-bond acceptors (Lipinski definition) is 3. The molecule has 0 saturated carbocycles. The van der Waals surface area contributed by atoms with Gasteiger partial charge >= 0.3 is 0 Å². The number of amides is 1. The Kier molecular flexibility index (Phi) is 4.31. The van der Waals surface area contributed by atoms with E-state index in [1.54, 1.807) is 18.2 Å². The van der Waals surface area contributed by atoms with Crippen LogP contribution in [0.25, 0.3) is 0 Å². The Bertz CT molecular complexity index is 364. The first-order valence-corrected chi connectivity index (χ1v) is 5.35. The summed E-state index contributed by atoms with van der Waals surface area (Å²) in [6, 6.07) is 6.50. The van der Waals surface area contributed by atoms with Crippen LogP contribution in [0, 0.1) is 0 Å². The lowest BCUT2D eigenvalue weighted by Crippen LogP contribution is -2.36. The van der Waals surface area contributed by atoms with Gasteiger partial charge in [-0.05, 0) is 32.4 Å². The van der Waals surface area contributed by atoms with E-state index in [2.05, 4.69) is 5.32 Å². The summed E-state index contributed by atoms with van der Waals surface area (Å²) in [6.07, 6.45) is 0.708. The maximum absolute atomic E-state index is 11.7. The molecule has 0 radical (unpaired) electrons. The molecule has 0 bridgehead atoms. The Balaban J connectivity index is 2.63. The molecule has 0 aliphatic heterocycles. The molecule has 1 amide bonds. The minimum absolute atomic E-state index is 0.00648. The van der Waals surface area contributed by atoms with E-state index in [-0.39, 0.29) is 23.7 Å². The van der Waals surface area contributed by atoms with Crippen molar-refractivity contribution < 1.29 is 9.90 Å². The van der Waals surface area contributed by atoms with E-state index in [0.717, 1.165) is 0 Å². The van der Waals surface area contributed by atoms with Gasteiger partial charge < -0.3 is 16.2 Å². The molecule has 0 fully saturated rings. The van der Waals surface area contributed by atoms with Gasteiger partial charge in [0.1, 0.15) is 5.75 Å². The van der Waals surface area contributed by atoms with E-state index < -0.39 is 0 Å². The van der Waals surface area contributed by atoms with Gasteiger partial charge in [0.25, 0.3) is 5.91 Å². The Hall–Kier alpha value is -1.55. The zero-order valence-corrected chi connectivity index (χ0v) is 9.60. The molecular formula is C12H18N2O2. The number of benzene rings is 1. The number of phenolic OH excluding ortho intramolecular Hbond substituents is 1. The van der Waals surface area contributed by atoms with Gasteiger partial charge in [0, 0.05) is 12.1 Å². The average Bonchev–Trinajstić information content (AvgIpc) is 2.16. The van der Waals surface area contributed by atoms with Crippen LogP contribution in [0.4, 0.5) is 0 Å². The second-order valence-corrected chi connectivity index (χ2v) is 4.10. The third-order valence-corrected chi connectivity index (χ3v) is 2.25. The molecule has 1 aromatic rings. The largest absolute Gasteiger partial charge is 0.507 e. The highest BCUT2D eigenvalue weighted by Crippen LogP contribution is 2.15. The van der Waals surface area contributed by atoms with Crippen molar-refractivity contribution in [2.75, 3.05) is 0 Å². The molecular weight excluding hydrogens is 204 g/mol. The SMILES string of the molecule is CC(N)CC(C)NC(=O)c1ccccc1O. The number of carbonyl (C=O) groups is 1. The van der Waals surface area contributed by atoms with Gasteiger partial charge in [-0.15, -0.1) is 0 Å². The first-order chi connectivity index (χ1) is 7.50. The normalized spacial score (nSPS) is 14.2. The number of aromatic hydroxyl groups is 1. The quantitative estimate of drug-likeness (QED) is 0.717. The molecule has 0 saturated heterocycles. The number of phenols is 1. The Morgan fingerprint density at radius 1 is 1.44 bits per heavy atom. The first kappa shape index (κ1) is 12.5. The highest BCUT2D eigenvalue weighted by molar-refractivity contribution is 5.96. The topological polar surface area (TPSA) is 75.3 Å². The molecule has 1 rings (SSSR count). The third kappa shape index (κ3) is 3.55. The highest BCUT2D eigenvalue weighted by atomic mass is 16.3. The van der Waals surface area contributed by atoms with E-state index in [1.165, 1.54) is 6.07 Å². The maximum Gasteiger partial charge on any atom is 0.255 e. The Morgan fingerprint density at radius 2 is 2.06 bits per heavy atom. The van der Waals surface area contributed by atoms with Crippen LogP contribution >= 0.6 is 0 Å². The van der Waals surface area contributed by atoms with Crippen molar-refractivity contribution in [1.82, 2.24) is 5.32 Å². The fourth-order valence-corrected chi connectivity index (χ4v) is 1.58. The molecule has 2 unspecified atom stereocenters. The average molecular weight is 222 g/mol. The summed E-state index contributed by atoms with van der Waals surface area (Å²) in [5.74, 6) is -0.278. The number of nitrogens with two attached hydrogens (primary N) is 1. The second-order valence-electron chi connectivity index (χ2n) is 4.10. The molecule has 0 aliphatic carbocycles. The fourth-order valence-electron chi connectivity index (χ4n) is 1.58. The zero-order valence-electron chi connectivity index (χ0n) is 9.60. The molecule has 0 heterocycles. The highest BCUT2D eigenvalue weighted by Gasteiger charge is 2.13. The number of carbonyl (C=O) groups excluding carboxylic acids is 1. The lowest BCUT2D eigenvalue weighted by Gasteiger charge is -2.16. The predicted octanol–water partition coefficient (Wildman–Crippen LogP) is 1.25. The summed E-state index contributed by atoms with van der Waals surface area (Å²) >= 11 is 0. The van der Waals surface area contributed by atoms with E-state index in [4.69, 9.17) is 5.73 Å². The van der Waals surface area contributed by atoms with Crippen molar-refractivity contribution in [1.29, 1.82) is 0 Å². The third-order valence-electron chi connectivity index (χ3n) is 2.25. The van der Waals surface area contributed by atoms with Gasteiger partial charge in [0.05, 0.1) is 5.56 Å². The first-order valence-electron chi connectivity index (χ1n) is 5.35. The number of rotatable bonds is 4. The van der Waals surface area contributed by atoms with E-state index in [9.17, 15) is 9.90 Å². The fraction of sp³-hybridized carbons (Fsp3) is 0.417. The van der Waals surface area contributed by atoms with Crippen LogP contribution in [-0.2, 0) is 0 Å². The van der Waals surface area contributed by atoms with Crippen molar-refractivity contribution in [3.05, 3.63) is 29.8 Å². The Labute approximate surface area is 95.5 Å². The Morgan fingerprint density at radius 3 is 2.62 bits per heavy atom. The molecule has 88 valence electrons. The molecule has 0 spiro atoms. The molecule has 0 aliphatic rings. The molecule has 0 aromatic heterocycles. The monoisotopic (exact) mass is 222 g/mol. The van der Waals surface area contributed by atoms with Crippen molar-refractivity contribution in [2.24, 2.45) is 5.73 Å². The molecule has 4 nitrogen and oxygen atoms in total. The smallest absolute Gasteiger partial charge is 0.255 e. The van der Waals surface area contributed by atoms with Crippen LogP contribution in [0.3, 0.4) is 0 Å². The summed E-state index contributed by atoms with van der Waals surface area (Å²) in [4.78, 5) is 11.7. The van der Waals surface area contributed by atoms with Crippen LogP contribution in [-0.4, -0.2) is 23.1 Å². The van der Waals surface area contributed by atoms with Crippen molar-refractivity contribution in [3.8, 4) is 5.75 Å². The van der Waals surface area contributed by atoms with E-state index in [0.29, 0.717) is 12.0 Å². The van der Waals surface area contributed by atoms with Gasteiger partial charge in [-0.25, -0.2) is 0 Å².